The van der Waals surface area contributed by atoms with Gasteiger partial charge in [0.25, 0.3) is 0 Å². The molecule has 0 saturated heterocycles. The fourth-order valence-electron chi connectivity index (χ4n) is 0.486. The van der Waals surface area contributed by atoms with Crippen LogP contribution in [0.2, 0.25) is 0 Å². The highest BCUT2D eigenvalue weighted by molar-refractivity contribution is 5.72. The first-order valence-corrected chi connectivity index (χ1v) is 3.21. The Morgan fingerprint density at radius 2 is 2.22 bits per heavy atom. The van der Waals surface area contributed by atoms with E-state index in [1.165, 1.54) is 11.9 Å². The number of carbonyl (C=O) groups is 1. The summed E-state index contributed by atoms with van der Waals surface area (Å²) < 4.78 is 0. The lowest BCUT2D eigenvalue weighted by Gasteiger charge is -2.12. The van der Waals surface area contributed by atoms with E-state index in [1.54, 1.807) is 0 Å². The number of nitrogens with zero attached hydrogens (tertiary/aromatic N) is 1. The van der Waals surface area contributed by atoms with Crippen molar-refractivity contribution >= 4 is 5.91 Å². The Labute approximate surface area is 55.8 Å². The van der Waals surface area contributed by atoms with Gasteiger partial charge in [0.2, 0.25) is 5.91 Å². The first-order valence-electron chi connectivity index (χ1n) is 3.21. The molecule has 0 unspecified atom stereocenters. The van der Waals surface area contributed by atoms with Crippen LogP contribution in [0.4, 0.5) is 0 Å². The molecule has 0 rings (SSSR count). The highest BCUT2D eigenvalue weighted by atomic mass is 16.2. The number of rotatable bonds is 3. The summed E-state index contributed by atoms with van der Waals surface area (Å²) in [5.41, 5.74) is 0. The molecule has 1 amide bonds. The van der Waals surface area contributed by atoms with Crippen LogP contribution in [-0.4, -0.2) is 17.5 Å². The van der Waals surface area contributed by atoms with Crippen molar-refractivity contribution in [1.29, 1.82) is 0 Å². The number of hydrogen-bond acceptors (Lipinski definition) is 2. The van der Waals surface area contributed by atoms with Crippen LogP contribution in [0.5, 0.6) is 0 Å². The predicted octanol–water partition coefficient (Wildman–Crippen LogP) is 0.509. The summed E-state index contributed by atoms with van der Waals surface area (Å²) in [7, 11) is 0. The molecule has 54 valence electrons. The lowest BCUT2D eigenvalue weighted by molar-refractivity contribution is -0.129. The zero-order chi connectivity index (χ0) is 7.28. The van der Waals surface area contributed by atoms with Crippen molar-refractivity contribution in [1.82, 2.24) is 5.01 Å². The van der Waals surface area contributed by atoms with Crippen LogP contribution < -0.4 is 5.84 Å². The standard InChI is InChI=1S/C6H14N2O/c1-3-4-5-8(7)6(2)9/h3-5,7H2,1-2H3. The number of carbonyl (C=O) groups excluding carboxylic acids is 1. The van der Waals surface area contributed by atoms with Gasteiger partial charge >= 0.3 is 0 Å². The second kappa shape index (κ2) is 4.32. The zero-order valence-electron chi connectivity index (χ0n) is 6.05. The van der Waals surface area contributed by atoms with Crippen LogP contribution in [0.3, 0.4) is 0 Å². The van der Waals surface area contributed by atoms with Crippen molar-refractivity contribution in [2.45, 2.75) is 26.7 Å². The Hall–Kier alpha value is -0.570. The normalized spacial score (nSPS) is 9.22. The molecular weight excluding hydrogens is 116 g/mol. The van der Waals surface area contributed by atoms with Crippen molar-refractivity contribution in [2.24, 2.45) is 5.84 Å². The molecule has 9 heavy (non-hydrogen) atoms. The van der Waals surface area contributed by atoms with Crippen LogP contribution in [0.25, 0.3) is 0 Å². The Balaban J connectivity index is 3.27. The van der Waals surface area contributed by atoms with Gasteiger partial charge in [0.05, 0.1) is 0 Å². The minimum atomic E-state index is -0.0662. The molecule has 0 aromatic carbocycles. The van der Waals surface area contributed by atoms with Gasteiger partial charge in [-0.1, -0.05) is 13.3 Å². The van der Waals surface area contributed by atoms with Gasteiger partial charge in [0.15, 0.2) is 0 Å². The molecule has 0 heterocycles. The van der Waals surface area contributed by atoms with Gasteiger partial charge in [-0.15, -0.1) is 0 Å². The lowest BCUT2D eigenvalue weighted by atomic mass is 10.3. The van der Waals surface area contributed by atoms with E-state index in [0.717, 1.165) is 12.8 Å². The maximum atomic E-state index is 10.5. The van der Waals surface area contributed by atoms with Crippen molar-refractivity contribution in [2.75, 3.05) is 6.54 Å². The molecule has 0 bridgehead atoms. The Morgan fingerprint density at radius 1 is 1.67 bits per heavy atom. The van der Waals surface area contributed by atoms with E-state index in [2.05, 4.69) is 6.92 Å². The SMILES string of the molecule is CCCCN(N)C(C)=O. The van der Waals surface area contributed by atoms with Crippen molar-refractivity contribution in [3.05, 3.63) is 0 Å². The molecule has 3 heteroatoms. The van der Waals surface area contributed by atoms with Gasteiger partial charge in [-0.05, 0) is 6.42 Å². The Morgan fingerprint density at radius 3 is 2.56 bits per heavy atom. The van der Waals surface area contributed by atoms with Crippen LogP contribution in [-0.2, 0) is 4.79 Å². The van der Waals surface area contributed by atoms with Crippen molar-refractivity contribution in [3.8, 4) is 0 Å². The fourth-order valence-corrected chi connectivity index (χ4v) is 0.486. The average Bonchev–Trinajstić information content (AvgIpc) is 1.82. The number of amides is 1. The molecule has 0 aromatic rings. The van der Waals surface area contributed by atoms with Gasteiger partial charge in [0.1, 0.15) is 0 Å². The molecule has 3 nitrogen and oxygen atoms in total. The van der Waals surface area contributed by atoms with E-state index in [4.69, 9.17) is 5.84 Å². The molecular formula is C6H14N2O. The molecule has 0 atom stereocenters. The summed E-state index contributed by atoms with van der Waals surface area (Å²) in [5, 5.41) is 1.24. The van der Waals surface area contributed by atoms with E-state index in [9.17, 15) is 4.79 Å². The molecule has 0 aromatic heterocycles. The Bertz CT molecular complexity index is 93.1. The van der Waals surface area contributed by atoms with Gasteiger partial charge in [-0.2, -0.15) is 0 Å². The van der Waals surface area contributed by atoms with Gasteiger partial charge in [-0.25, -0.2) is 5.84 Å². The van der Waals surface area contributed by atoms with Crippen LogP contribution in [0, 0.1) is 0 Å². The average molecular weight is 130 g/mol. The quantitative estimate of drug-likeness (QED) is 0.343. The fraction of sp³-hybridized carbons (Fsp3) is 0.833. The third-order valence-electron chi connectivity index (χ3n) is 1.16. The van der Waals surface area contributed by atoms with Gasteiger partial charge in [-0.3, -0.25) is 9.80 Å². The van der Waals surface area contributed by atoms with E-state index < -0.39 is 0 Å². The number of unbranched alkanes of at least 4 members (excludes halogenated alkanes) is 1. The second-order valence-corrected chi connectivity index (χ2v) is 2.07. The van der Waals surface area contributed by atoms with E-state index >= 15 is 0 Å². The molecule has 0 radical (unpaired) electrons. The molecule has 0 saturated carbocycles. The van der Waals surface area contributed by atoms with Crippen LogP contribution >= 0.6 is 0 Å². The van der Waals surface area contributed by atoms with E-state index in [-0.39, 0.29) is 5.91 Å². The number of nitrogens with two attached hydrogens (primary N) is 1. The highest BCUT2D eigenvalue weighted by Crippen LogP contribution is 1.88. The van der Waals surface area contributed by atoms with Crippen LogP contribution in [0.1, 0.15) is 26.7 Å². The summed E-state index contributed by atoms with van der Waals surface area (Å²) in [4.78, 5) is 10.5. The molecule has 0 aliphatic carbocycles. The smallest absolute Gasteiger partial charge is 0.233 e. The van der Waals surface area contributed by atoms with Crippen molar-refractivity contribution < 1.29 is 4.79 Å². The Kier molecular flexibility index (Phi) is 4.05. The highest BCUT2D eigenvalue weighted by Gasteiger charge is 1.98. The topological polar surface area (TPSA) is 46.3 Å². The largest absolute Gasteiger partial charge is 0.281 e. The van der Waals surface area contributed by atoms with Gasteiger partial charge < -0.3 is 0 Å². The monoisotopic (exact) mass is 130 g/mol. The summed E-state index contributed by atoms with van der Waals surface area (Å²) in [6.45, 7) is 4.20. The van der Waals surface area contributed by atoms with Gasteiger partial charge in [0, 0.05) is 13.5 Å². The predicted molar refractivity (Wildman–Crippen MR) is 36.5 cm³/mol. The summed E-state index contributed by atoms with van der Waals surface area (Å²) in [6.07, 6.45) is 2.05. The molecule has 2 N–H and O–H groups in total. The van der Waals surface area contributed by atoms with E-state index in [1.807, 2.05) is 0 Å². The third kappa shape index (κ3) is 3.97. The minimum Gasteiger partial charge on any atom is -0.281 e. The first-order chi connectivity index (χ1) is 4.18. The lowest BCUT2D eigenvalue weighted by Crippen LogP contribution is -2.36. The zero-order valence-corrected chi connectivity index (χ0v) is 6.05. The molecule has 0 aliphatic heterocycles. The molecule has 0 aliphatic rings. The second-order valence-electron chi connectivity index (χ2n) is 2.07. The number of hydrazine groups is 1. The van der Waals surface area contributed by atoms with E-state index in [0.29, 0.717) is 6.54 Å². The third-order valence-corrected chi connectivity index (χ3v) is 1.16. The van der Waals surface area contributed by atoms with Crippen LogP contribution in [0.15, 0.2) is 0 Å². The van der Waals surface area contributed by atoms with Crippen molar-refractivity contribution in [3.63, 3.8) is 0 Å². The number of hydrogen-bond donors (Lipinski definition) is 1. The summed E-state index contributed by atoms with van der Waals surface area (Å²) in [6, 6.07) is 0. The minimum absolute atomic E-state index is 0.0662. The maximum absolute atomic E-state index is 10.5. The molecule has 0 spiro atoms. The first kappa shape index (κ1) is 8.43. The summed E-state index contributed by atoms with van der Waals surface area (Å²) >= 11 is 0. The summed E-state index contributed by atoms with van der Waals surface area (Å²) in [5.74, 6) is 5.22. The molecule has 0 fully saturated rings. The maximum Gasteiger partial charge on any atom is 0.233 e.